The Kier molecular flexibility index (Phi) is 6.55. The van der Waals surface area contributed by atoms with E-state index >= 15 is 0 Å². The molecule has 9 heteroatoms. The van der Waals surface area contributed by atoms with E-state index in [9.17, 15) is 9.59 Å². The number of carbonyl (C=O) groups excluding carboxylic acids is 2. The second-order valence-electron chi connectivity index (χ2n) is 5.79. The third-order valence-electron chi connectivity index (χ3n) is 3.77. The van der Waals surface area contributed by atoms with Crippen LogP contribution in [-0.2, 0) is 9.59 Å². The van der Waals surface area contributed by atoms with Gasteiger partial charge >= 0.3 is 0 Å². The van der Waals surface area contributed by atoms with Gasteiger partial charge in [0.1, 0.15) is 6.54 Å². The zero-order valence-corrected chi connectivity index (χ0v) is 17.0. The first kappa shape index (κ1) is 19.2. The molecule has 1 aliphatic rings. The van der Waals surface area contributed by atoms with Crippen LogP contribution in [0.4, 0.5) is 11.4 Å². The SMILES string of the molecule is CCCCSc1nnc(SC(C)C(=O)N2CC(=O)Nc3ccccc32)s1. The van der Waals surface area contributed by atoms with Gasteiger partial charge in [0.25, 0.3) is 0 Å². The highest BCUT2D eigenvalue weighted by Crippen LogP contribution is 2.34. The number of hydrogen-bond acceptors (Lipinski definition) is 7. The van der Waals surface area contributed by atoms with Gasteiger partial charge in [-0.05, 0) is 25.5 Å². The van der Waals surface area contributed by atoms with E-state index in [1.165, 1.54) is 23.1 Å². The summed E-state index contributed by atoms with van der Waals surface area (Å²) in [7, 11) is 0. The zero-order valence-electron chi connectivity index (χ0n) is 14.6. The van der Waals surface area contributed by atoms with Crippen LogP contribution < -0.4 is 10.2 Å². The maximum absolute atomic E-state index is 12.9. The van der Waals surface area contributed by atoms with Gasteiger partial charge in [-0.3, -0.25) is 14.5 Å². The van der Waals surface area contributed by atoms with Crippen LogP contribution in [0.1, 0.15) is 26.7 Å². The second kappa shape index (κ2) is 8.88. The Hall–Kier alpha value is -1.58. The van der Waals surface area contributed by atoms with Crippen molar-refractivity contribution < 1.29 is 9.59 Å². The van der Waals surface area contributed by atoms with E-state index in [0.29, 0.717) is 5.69 Å². The monoisotopic (exact) mass is 408 g/mol. The number of nitrogens with zero attached hydrogens (tertiary/aromatic N) is 3. The van der Waals surface area contributed by atoms with Gasteiger partial charge in [-0.1, -0.05) is 60.3 Å². The number of nitrogens with one attached hydrogen (secondary N) is 1. The summed E-state index contributed by atoms with van der Waals surface area (Å²) in [5.41, 5.74) is 1.40. The van der Waals surface area contributed by atoms with Crippen LogP contribution in [0.15, 0.2) is 32.9 Å². The number of fused-ring (bicyclic) bond motifs is 1. The summed E-state index contributed by atoms with van der Waals surface area (Å²) >= 11 is 4.61. The lowest BCUT2D eigenvalue weighted by Crippen LogP contribution is -2.45. The van der Waals surface area contributed by atoms with Crippen molar-refractivity contribution in [2.24, 2.45) is 0 Å². The Balaban J connectivity index is 1.66. The maximum atomic E-state index is 12.9. The molecular formula is C17H20N4O2S3. The molecule has 1 aliphatic heterocycles. The van der Waals surface area contributed by atoms with E-state index in [0.717, 1.165) is 33.0 Å². The topological polar surface area (TPSA) is 75.2 Å². The third-order valence-corrected chi connectivity index (χ3v) is 7.09. The van der Waals surface area contributed by atoms with Crippen molar-refractivity contribution >= 4 is 58.0 Å². The number of amides is 2. The minimum atomic E-state index is -0.351. The first-order chi connectivity index (χ1) is 12.6. The molecule has 0 saturated carbocycles. The quantitative estimate of drug-likeness (QED) is 0.553. The third kappa shape index (κ3) is 4.57. The predicted molar refractivity (Wildman–Crippen MR) is 108 cm³/mol. The number of para-hydroxylation sites is 2. The van der Waals surface area contributed by atoms with Crippen molar-refractivity contribution in [1.82, 2.24) is 10.2 Å². The van der Waals surface area contributed by atoms with Crippen LogP contribution in [0.2, 0.25) is 0 Å². The molecule has 3 rings (SSSR count). The predicted octanol–water partition coefficient (Wildman–Crippen LogP) is 3.90. The van der Waals surface area contributed by atoms with E-state index in [-0.39, 0.29) is 23.6 Å². The normalized spacial score (nSPS) is 14.7. The van der Waals surface area contributed by atoms with Crippen LogP contribution >= 0.6 is 34.9 Å². The molecule has 138 valence electrons. The molecular weight excluding hydrogens is 388 g/mol. The number of hydrogen-bond donors (Lipinski definition) is 1. The number of rotatable bonds is 7. The number of unbranched alkanes of at least 4 members (excludes halogenated alkanes) is 1. The smallest absolute Gasteiger partial charge is 0.244 e. The first-order valence-electron chi connectivity index (χ1n) is 8.41. The minimum absolute atomic E-state index is 0.0367. The van der Waals surface area contributed by atoms with Gasteiger partial charge in [0.15, 0.2) is 8.68 Å². The Morgan fingerprint density at radius 2 is 2.12 bits per heavy atom. The van der Waals surface area contributed by atoms with E-state index < -0.39 is 0 Å². The Bertz CT molecular complexity index is 796. The molecule has 2 heterocycles. The van der Waals surface area contributed by atoms with Gasteiger partial charge in [0, 0.05) is 5.75 Å². The van der Waals surface area contributed by atoms with Gasteiger partial charge in [-0.15, -0.1) is 10.2 Å². The summed E-state index contributed by atoms with van der Waals surface area (Å²) in [6.07, 6.45) is 2.31. The summed E-state index contributed by atoms with van der Waals surface area (Å²) < 4.78 is 1.71. The van der Waals surface area contributed by atoms with Crippen LogP contribution in [0.5, 0.6) is 0 Å². The van der Waals surface area contributed by atoms with Crippen molar-refractivity contribution in [2.75, 3.05) is 22.5 Å². The summed E-state index contributed by atoms with van der Waals surface area (Å²) in [4.78, 5) is 26.4. The number of anilines is 2. The lowest BCUT2D eigenvalue weighted by molar-refractivity contribution is -0.121. The molecule has 2 amide bonds. The van der Waals surface area contributed by atoms with Gasteiger partial charge in [-0.25, -0.2) is 0 Å². The van der Waals surface area contributed by atoms with Crippen molar-refractivity contribution in [1.29, 1.82) is 0 Å². The Morgan fingerprint density at radius 3 is 2.92 bits per heavy atom. The largest absolute Gasteiger partial charge is 0.323 e. The van der Waals surface area contributed by atoms with Crippen molar-refractivity contribution in [2.45, 2.75) is 40.6 Å². The highest BCUT2D eigenvalue weighted by atomic mass is 32.2. The molecule has 0 spiro atoms. The summed E-state index contributed by atoms with van der Waals surface area (Å²) in [6, 6.07) is 7.34. The molecule has 1 atom stereocenters. The lowest BCUT2D eigenvalue weighted by atomic mass is 10.2. The lowest BCUT2D eigenvalue weighted by Gasteiger charge is -2.30. The van der Waals surface area contributed by atoms with Crippen LogP contribution in [0.25, 0.3) is 0 Å². The Morgan fingerprint density at radius 1 is 1.35 bits per heavy atom. The first-order valence-corrected chi connectivity index (χ1v) is 11.1. The van der Waals surface area contributed by atoms with E-state index in [4.69, 9.17) is 0 Å². The second-order valence-corrected chi connectivity index (χ2v) is 9.69. The highest BCUT2D eigenvalue weighted by molar-refractivity contribution is 8.03. The van der Waals surface area contributed by atoms with Crippen LogP contribution in [-0.4, -0.2) is 39.6 Å². The molecule has 1 N–H and O–H groups in total. The van der Waals surface area contributed by atoms with E-state index in [1.54, 1.807) is 22.7 Å². The minimum Gasteiger partial charge on any atom is -0.323 e. The fourth-order valence-corrected chi connectivity index (χ4v) is 5.84. The summed E-state index contributed by atoms with van der Waals surface area (Å²) in [6.45, 7) is 4.04. The summed E-state index contributed by atoms with van der Waals surface area (Å²) in [5.74, 6) is 0.747. The van der Waals surface area contributed by atoms with E-state index in [2.05, 4.69) is 22.4 Å². The number of thioether (sulfide) groups is 2. The standard InChI is InChI=1S/C17H20N4O2S3/c1-3-4-9-24-16-19-20-17(26-16)25-11(2)15(23)21-10-14(22)18-12-7-5-6-8-13(12)21/h5-8,11H,3-4,9-10H2,1-2H3,(H,18,22). The van der Waals surface area contributed by atoms with Crippen molar-refractivity contribution in [3.8, 4) is 0 Å². The average molecular weight is 409 g/mol. The Labute approximate surface area is 165 Å². The molecule has 0 bridgehead atoms. The molecule has 0 saturated heterocycles. The number of aromatic nitrogens is 2. The van der Waals surface area contributed by atoms with Crippen LogP contribution in [0.3, 0.4) is 0 Å². The van der Waals surface area contributed by atoms with Gasteiger partial charge in [0.2, 0.25) is 11.8 Å². The molecule has 6 nitrogen and oxygen atoms in total. The van der Waals surface area contributed by atoms with Gasteiger partial charge in [-0.2, -0.15) is 0 Å². The molecule has 0 radical (unpaired) electrons. The zero-order chi connectivity index (χ0) is 18.5. The van der Waals surface area contributed by atoms with Crippen LogP contribution in [0, 0.1) is 0 Å². The number of carbonyl (C=O) groups is 2. The van der Waals surface area contributed by atoms with Crippen molar-refractivity contribution in [3.05, 3.63) is 24.3 Å². The molecule has 2 aromatic rings. The molecule has 1 aromatic carbocycles. The van der Waals surface area contributed by atoms with Crippen molar-refractivity contribution in [3.63, 3.8) is 0 Å². The number of benzene rings is 1. The van der Waals surface area contributed by atoms with Gasteiger partial charge < -0.3 is 5.32 Å². The van der Waals surface area contributed by atoms with E-state index in [1.807, 2.05) is 25.1 Å². The molecule has 0 aliphatic carbocycles. The molecule has 1 unspecified atom stereocenters. The molecule has 26 heavy (non-hydrogen) atoms. The fourth-order valence-electron chi connectivity index (χ4n) is 2.46. The highest BCUT2D eigenvalue weighted by Gasteiger charge is 2.30. The maximum Gasteiger partial charge on any atom is 0.244 e. The van der Waals surface area contributed by atoms with Gasteiger partial charge in [0.05, 0.1) is 16.6 Å². The molecule has 1 aromatic heterocycles. The molecule has 0 fully saturated rings. The average Bonchev–Trinajstić information content (AvgIpc) is 3.07. The summed E-state index contributed by atoms with van der Waals surface area (Å²) in [5, 5.41) is 10.8. The fraction of sp³-hybridized carbons (Fsp3) is 0.412.